The van der Waals surface area contributed by atoms with Crippen molar-refractivity contribution in [3.63, 3.8) is 0 Å². The van der Waals surface area contributed by atoms with E-state index >= 15 is 0 Å². The molecule has 1 fully saturated rings. The molecule has 0 radical (unpaired) electrons. The summed E-state index contributed by atoms with van der Waals surface area (Å²) in [5.41, 5.74) is 1.57. The number of likely N-dealkylation sites (tertiary alicyclic amines) is 1. The monoisotopic (exact) mass is 373 g/mol. The average Bonchev–Trinajstić information content (AvgIpc) is 3.20. The largest absolute Gasteiger partial charge is 0.473 e. The van der Waals surface area contributed by atoms with Gasteiger partial charge in [-0.15, -0.1) is 5.10 Å². The Labute approximate surface area is 157 Å². The number of nitrogens with zero attached hydrogens (tertiary/aromatic N) is 4. The Balaban J connectivity index is 1.37. The van der Waals surface area contributed by atoms with Gasteiger partial charge in [0.1, 0.15) is 6.61 Å². The van der Waals surface area contributed by atoms with E-state index in [1.54, 1.807) is 11.6 Å². The third kappa shape index (κ3) is 5.89. The van der Waals surface area contributed by atoms with Gasteiger partial charge in [-0.05, 0) is 55.2 Å². The minimum atomic E-state index is -0.226. The zero-order valence-electron chi connectivity index (χ0n) is 14.6. The zero-order valence-corrected chi connectivity index (χ0v) is 15.5. The molecule has 0 aromatic carbocycles. The van der Waals surface area contributed by atoms with Crippen LogP contribution in [0, 0.1) is 0 Å². The molecule has 7 nitrogen and oxygen atoms in total. The van der Waals surface area contributed by atoms with Crippen LogP contribution in [0.1, 0.15) is 35.3 Å². The number of amides is 1. The summed E-state index contributed by atoms with van der Waals surface area (Å²) >= 11 is 1.15. The zero-order chi connectivity index (χ0) is 18.0. The lowest BCUT2D eigenvalue weighted by Crippen LogP contribution is -2.29. The highest BCUT2D eigenvalue weighted by Crippen LogP contribution is 2.15. The molecule has 26 heavy (non-hydrogen) atoms. The van der Waals surface area contributed by atoms with Crippen molar-refractivity contribution < 1.29 is 9.53 Å². The number of ether oxygens (including phenoxy) is 1. The van der Waals surface area contributed by atoms with E-state index in [0.29, 0.717) is 24.7 Å². The van der Waals surface area contributed by atoms with Crippen molar-refractivity contribution in [2.75, 3.05) is 26.2 Å². The number of pyridine rings is 1. The molecule has 1 saturated heterocycles. The maximum absolute atomic E-state index is 11.7. The second-order valence-corrected chi connectivity index (χ2v) is 6.73. The van der Waals surface area contributed by atoms with Crippen LogP contribution >= 0.6 is 11.5 Å². The molecule has 1 N–H and O–H groups in total. The lowest BCUT2D eigenvalue weighted by molar-refractivity contribution is 0.0953. The van der Waals surface area contributed by atoms with Crippen LogP contribution in [0.2, 0.25) is 0 Å². The number of rotatable bonds is 8. The lowest BCUT2D eigenvalue weighted by atomic mass is 10.1. The van der Waals surface area contributed by atoms with Gasteiger partial charge in [0.25, 0.3) is 5.91 Å². The Kier molecular flexibility index (Phi) is 7.09. The summed E-state index contributed by atoms with van der Waals surface area (Å²) in [6.07, 6.45) is 9.41. The number of piperidine rings is 1. The summed E-state index contributed by atoms with van der Waals surface area (Å²) in [5, 5.41) is 8.07. The van der Waals surface area contributed by atoms with Crippen LogP contribution in [0.4, 0.5) is 0 Å². The maximum Gasteiger partial charge on any atom is 0.272 e. The van der Waals surface area contributed by atoms with Gasteiger partial charge in [0, 0.05) is 30.7 Å². The van der Waals surface area contributed by atoms with E-state index in [9.17, 15) is 4.79 Å². The molecule has 138 valence electrons. The molecule has 2 aromatic rings. The first-order chi connectivity index (χ1) is 12.8. The van der Waals surface area contributed by atoms with Gasteiger partial charge < -0.3 is 10.1 Å². The van der Waals surface area contributed by atoms with E-state index in [2.05, 4.69) is 24.8 Å². The van der Waals surface area contributed by atoms with Gasteiger partial charge in [-0.1, -0.05) is 17.0 Å². The van der Waals surface area contributed by atoms with Gasteiger partial charge in [0.15, 0.2) is 5.69 Å². The smallest absolute Gasteiger partial charge is 0.272 e. The minimum absolute atomic E-state index is 0.226. The number of nitrogens with one attached hydrogen (secondary N) is 1. The van der Waals surface area contributed by atoms with Crippen molar-refractivity contribution in [1.82, 2.24) is 24.8 Å². The van der Waals surface area contributed by atoms with Gasteiger partial charge in [-0.2, -0.15) is 0 Å². The summed E-state index contributed by atoms with van der Waals surface area (Å²) in [4.78, 5) is 18.4. The van der Waals surface area contributed by atoms with Gasteiger partial charge in [-0.3, -0.25) is 9.69 Å². The molecular formula is C18H23N5O2S. The highest BCUT2D eigenvalue weighted by molar-refractivity contribution is 7.03. The molecule has 0 atom stereocenters. The summed E-state index contributed by atoms with van der Waals surface area (Å²) in [6, 6.07) is 4.04. The molecule has 0 aliphatic carbocycles. The van der Waals surface area contributed by atoms with Crippen LogP contribution in [0.3, 0.4) is 0 Å². The number of hydrogen-bond acceptors (Lipinski definition) is 7. The van der Waals surface area contributed by atoms with Crippen molar-refractivity contribution in [3.05, 3.63) is 47.1 Å². The Morgan fingerprint density at radius 2 is 2.19 bits per heavy atom. The predicted octanol–water partition coefficient (Wildman–Crippen LogP) is 2.28. The molecule has 0 bridgehead atoms. The summed E-state index contributed by atoms with van der Waals surface area (Å²) < 4.78 is 9.33. The molecule has 0 spiro atoms. The Bertz CT molecular complexity index is 714. The van der Waals surface area contributed by atoms with E-state index in [0.717, 1.165) is 18.1 Å². The average molecular weight is 373 g/mol. The number of aromatic nitrogens is 3. The van der Waals surface area contributed by atoms with Gasteiger partial charge in [-0.25, -0.2) is 4.98 Å². The third-order valence-electron chi connectivity index (χ3n) is 4.12. The molecule has 0 saturated carbocycles. The third-order valence-corrected chi connectivity index (χ3v) is 4.63. The second kappa shape index (κ2) is 9.98. The van der Waals surface area contributed by atoms with E-state index in [1.807, 2.05) is 24.3 Å². The van der Waals surface area contributed by atoms with Crippen molar-refractivity contribution in [2.24, 2.45) is 0 Å². The van der Waals surface area contributed by atoms with E-state index in [1.165, 1.54) is 37.9 Å². The Morgan fingerprint density at radius 3 is 3.00 bits per heavy atom. The summed E-state index contributed by atoms with van der Waals surface area (Å²) in [7, 11) is 0. The first-order valence-corrected chi connectivity index (χ1v) is 9.65. The van der Waals surface area contributed by atoms with E-state index < -0.39 is 0 Å². The standard InChI is InChI=1S/C18H23N5O2S/c24-18(16-14-26-22-21-16)20-7-2-5-11-25-17-12-15(6-8-19-17)13-23-9-3-1-4-10-23/h2,5-6,8,12,14H,1,3-4,7,9-11,13H2,(H,20,24)/b5-2-. The molecule has 3 heterocycles. The fourth-order valence-corrected chi connectivity index (χ4v) is 3.23. The molecule has 2 aromatic heterocycles. The van der Waals surface area contributed by atoms with Crippen molar-refractivity contribution in [2.45, 2.75) is 25.8 Å². The first-order valence-electron chi connectivity index (χ1n) is 8.81. The molecule has 1 aliphatic heterocycles. The van der Waals surface area contributed by atoms with Gasteiger partial charge in [0.05, 0.1) is 0 Å². The van der Waals surface area contributed by atoms with Crippen molar-refractivity contribution in [1.29, 1.82) is 0 Å². The van der Waals surface area contributed by atoms with Crippen LogP contribution in [0.25, 0.3) is 0 Å². The lowest BCUT2D eigenvalue weighted by Gasteiger charge is -2.26. The number of carbonyl (C=O) groups excluding carboxylic acids is 1. The first kappa shape index (κ1) is 18.5. The second-order valence-electron chi connectivity index (χ2n) is 6.12. The van der Waals surface area contributed by atoms with Crippen molar-refractivity contribution >= 4 is 17.4 Å². The highest BCUT2D eigenvalue weighted by Gasteiger charge is 2.11. The Hall–Kier alpha value is -2.32. The van der Waals surface area contributed by atoms with Crippen molar-refractivity contribution in [3.8, 4) is 5.88 Å². The van der Waals surface area contributed by atoms with Crippen LogP contribution in [0.5, 0.6) is 5.88 Å². The summed E-state index contributed by atoms with van der Waals surface area (Å²) in [5.74, 6) is 0.401. The van der Waals surface area contributed by atoms with Crippen LogP contribution in [-0.4, -0.2) is 51.6 Å². The van der Waals surface area contributed by atoms with Crippen LogP contribution in [-0.2, 0) is 6.54 Å². The molecule has 3 rings (SSSR count). The topological polar surface area (TPSA) is 80.2 Å². The fourth-order valence-electron chi connectivity index (χ4n) is 2.79. The molecular weight excluding hydrogens is 350 g/mol. The highest BCUT2D eigenvalue weighted by atomic mass is 32.1. The quantitative estimate of drug-likeness (QED) is 0.715. The predicted molar refractivity (Wildman–Crippen MR) is 100 cm³/mol. The Morgan fingerprint density at radius 1 is 1.31 bits per heavy atom. The molecule has 8 heteroatoms. The van der Waals surface area contributed by atoms with Gasteiger partial charge >= 0.3 is 0 Å². The molecule has 0 unspecified atom stereocenters. The molecule has 1 amide bonds. The fraction of sp³-hybridized carbons (Fsp3) is 0.444. The number of hydrogen-bond donors (Lipinski definition) is 1. The SMILES string of the molecule is O=C(NC/C=C\COc1cc(CN2CCCCC2)ccn1)c1csnn1. The maximum atomic E-state index is 11.7. The van der Waals surface area contributed by atoms with Crippen LogP contribution in [0.15, 0.2) is 35.9 Å². The number of carbonyl (C=O) groups is 1. The molecule has 1 aliphatic rings. The normalized spacial score (nSPS) is 15.2. The summed E-state index contributed by atoms with van der Waals surface area (Å²) in [6.45, 7) is 4.12. The van der Waals surface area contributed by atoms with E-state index in [4.69, 9.17) is 4.74 Å². The van der Waals surface area contributed by atoms with Gasteiger partial charge in [0.2, 0.25) is 5.88 Å². The van der Waals surface area contributed by atoms with Crippen LogP contribution < -0.4 is 10.1 Å². The van der Waals surface area contributed by atoms with E-state index in [-0.39, 0.29) is 5.91 Å². The minimum Gasteiger partial charge on any atom is -0.473 e.